The van der Waals surface area contributed by atoms with Crippen molar-refractivity contribution in [3.8, 4) is 11.5 Å². The van der Waals surface area contributed by atoms with Crippen LogP contribution in [-0.4, -0.2) is 49.6 Å². The molecule has 1 N–H and O–H groups in total. The number of furan rings is 1. The molecule has 0 saturated carbocycles. The Morgan fingerprint density at radius 3 is 2.68 bits per heavy atom. The second kappa shape index (κ2) is 9.02. The molecule has 0 aromatic carbocycles. The number of piperidine rings is 1. The number of anilines is 1. The molecule has 0 spiro atoms. The Balaban J connectivity index is 1.37. The molecule has 176 valence electrons. The molecule has 9 nitrogen and oxygen atoms in total. The zero-order valence-electron chi connectivity index (χ0n) is 19.3. The number of likely N-dealkylation sites (tertiary alicyclic amines) is 1. The van der Waals surface area contributed by atoms with Crippen LogP contribution in [0.2, 0.25) is 0 Å². The zero-order valence-corrected chi connectivity index (χ0v) is 20.1. The average molecular weight is 479 g/mol. The van der Waals surface area contributed by atoms with Crippen molar-refractivity contribution in [3.63, 3.8) is 0 Å². The molecular formula is C24H26N6O3S. The van der Waals surface area contributed by atoms with Gasteiger partial charge in [0.15, 0.2) is 16.5 Å². The molecule has 4 aromatic rings. The monoisotopic (exact) mass is 478 g/mol. The Hall–Kier alpha value is -3.53. The molecular weight excluding hydrogens is 452 g/mol. The molecule has 10 heteroatoms. The summed E-state index contributed by atoms with van der Waals surface area (Å²) < 4.78 is 7.37. The summed E-state index contributed by atoms with van der Waals surface area (Å²) >= 11 is 1.42. The third-order valence-corrected chi connectivity index (χ3v) is 6.94. The molecule has 5 heterocycles. The summed E-state index contributed by atoms with van der Waals surface area (Å²) in [6.45, 7) is 6.96. The first-order valence-electron chi connectivity index (χ1n) is 11.3. The molecule has 0 aliphatic carbocycles. The van der Waals surface area contributed by atoms with Crippen LogP contribution in [0.5, 0.6) is 0 Å². The second-order valence-electron chi connectivity index (χ2n) is 8.80. The first-order valence-corrected chi connectivity index (χ1v) is 12.2. The fraction of sp³-hybridized carbons (Fsp3) is 0.375. The van der Waals surface area contributed by atoms with Gasteiger partial charge in [-0.3, -0.25) is 9.59 Å². The van der Waals surface area contributed by atoms with Gasteiger partial charge in [0.2, 0.25) is 5.91 Å². The van der Waals surface area contributed by atoms with E-state index in [-0.39, 0.29) is 23.8 Å². The van der Waals surface area contributed by atoms with Crippen molar-refractivity contribution >= 4 is 39.3 Å². The van der Waals surface area contributed by atoms with Crippen molar-refractivity contribution < 1.29 is 14.0 Å². The van der Waals surface area contributed by atoms with Crippen LogP contribution >= 0.6 is 11.3 Å². The summed E-state index contributed by atoms with van der Waals surface area (Å²) in [7, 11) is 0. The van der Waals surface area contributed by atoms with E-state index in [0.717, 1.165) is 5.69 Å². The van der Waals surface area contributed by atoms with E-state index in [1.165, 1.54) is 11.3 Å². The standard InChI is InChI=1S/C24H26N6O3S/c1-14(2)30-21-18(12-25-30)17(11-19(27-21)20-5-4-10-33-20)23(32)29-8-6-16(7-9-29)22(31)28-24-26-15(3)13-34-24/h4-5,10-14,16H,6-9H2,1-3H3,(H,26,28,31). The molecule has 0 atom stereocenters. The molecule has 1 aliphatic rings. The fourth-order valence-electron chi connectivity index (χ4n) is 4.26. The minimum Gasteiger partial charge on any atom is -0.463 e. The molecule has 5 rings (SSSR count). The molecule has 1 aliphatic heterocycles. The maximum atomic E-state index is 13.6. The minimum atomic E-state index is -0.145. The van der Waals surface area contributed by atoms with Crippen molar-refractivity contribution in [3.05, 3.63) is 47.3 Å². The number of nitrogens with one attached hydrogen (secondary N) is 1. The lowest BCUT2D eigenvalue weighted by molar-refractivity contribution is -0.121. The van der Waals surface area contributed by atoms with Gasteiger partial charge in [0, 0.05) is 30.4 Å². The average Bonchev–Trinajstić information content (AvgIpc) is 3.59. The van der Waals surface area contributed by atoms with Gasteiger partial charge in [-0.05, 0) is 51.8 Å². The van der Waals surface area contributed by atoms with Gasteiger partial charge in [0.1, 0.15) is 5.69 Å². The van der Waals surface area contributed by atoms with Gasteiger partial charge >= 0.3 is 0 Å². The number of thiazole rings is 1. The number of carbonyl (C=O) groups excluding carboxylic acids is 2. The molecule has 1 fully saturated rings. The van der Waals surface area contributed by atoms with Crippen molar-refractivity contribution in [1.29, 1.82) is 0 Å². The lowest BCUT2D eigenvalue weighted by Crippen LogP contribution is -2.41. The van der Waals surface area contributed by atoms with Crippen molar-refractivity contribution in [2.45, 2.75) is 39.7 Å². The summed E-state index contributed by atoms with van der Waals surface area (Å²) in [4.78, 5) is 37.1. The van der Waals surface area contributed by atoms with Crippen LogP contribution in [0.25, 0.3) is 22.5 Å². The van der Waals surface area contributed by atoms with E-state index in [9.17, 15) is 9.59 Å². The van der Waals surface area contributed by atoms with Gasteiger partial charge in [-0.2, -0.15) is 5.10 Å². The van der Waals surface area contributed by atoms with Gasteiger partial charge in [-0.25, -0.2) is 14.6 Å². The number of hydrogen-bond donors (Lipinski definition) is 1. The number of hydrogen-bond acceptors (Lipinski definition) is 7. The Labute approximate surface area is 200 Å². The molecule has 0 bridgehead atoms. The summed E-state index contributed by atoms with van der Waals surface area (Å²) in [5.74, 6) is 0.331. The summed E-state index contributed by atoms with van der Waals surface area (Å²) in [6.07, 6.45) is 4.50. The van der Waals surface area contributed by atoms with Gasteiger partial charge < -0.3 is 14.6 Å². The first-order chi connectivity index (χ1) is 16.4. The lowest BCUT2D eigenvalue weighted by atomic mass is 9.95. The highest BCUT2D eigenvalue weighted by Crippen LogP contribution is 2.29. The van der Waals surface area contributed by atoms with E-state index in [0.29, 0.717) is 59.1 Å². The number of amides is 2. The SMILES string of the molecule is Cc1csc(NC(=O)C2CCN(C(=O)c3cc(-c4ccco4)nc4c3cnn4C(C)C)CC2)n1. The Morgan fingerprint density at radius 2 is 2.03 bits per heavy atom. The third-order valence-electron chi connectivity index (χ3n) is 6.06. The van der Waals surface area contributed by atoms with Gasteiger partial charge in [-0.1, -0.05) is 0 Å². The van der Waals surface area contributed by atoms with Crippen LogP contribution in [0.1, 0.15) is 48.8 Å². The number of nitrogens with zero attached hydrogens (tertiary/aromatic N) is 5. The van der Waals surface area contributed by atoms with Gasteiger partial charge in [0.05, 0.1) is 29.1 Å². The van der Waals surface area contributed by atoms with Gasteiger partial charge in [0.25, 0.3) is 5.91 Å². The molecule has 34 heavy (non-hydrogen) atoms. The summed E-state index contributed by atoms with van der Waals surface area (Å²) in [5.41, 5.74) is 2.68. The smallest absolute Gasteiger partial charge is 0.254 e. The Kier molecular flexibility index (Phi) is 5.91. The van der Waals surface area contributed by atoms with E-state index in [4.69, 9.17) is 9.40 Å². The van der Waals surface area contributed by atoms with Crippen LogP contribution in [0, 0.1) is 12.8 Å². The van der Waals surface area contributed by atoms with E-state index in [1.54, 1.807) is 24.6 Å². The third kappa shape index (κ3) is 4.21. The highest BCUT2D eigenvalue weighted by molar-refractivity contribution is 7.13. The van der Waals surface area contributed by atoms with Crippen molar-refractivity contribution in [2.24, 2.45) is 5.92 Å². The quantitative estimate of drug-likeness (QED) is 0.452. The molecule has 4 aromatic heterocycles. The van der Waals surface area contributed by atoms with Crippen LogP contribution in [-0.2, 0) is 4.79 Å². The van der Waals surface area contributed by atoms with E-state index >= 15 is 0 Å². The normalized spacial score (nSPS) is 14.8. The predicted octanol–water partition coefficient (Wildman–Crippen LogP) is 4.53. The second-order valence-corrected chi connectivity index (χ2v) is 9.66. The number of aryl methyl sites for hydroxylation is 1. The van der Waals surface area contributed by atoms with Crippen molar-refractivity contribution in [2.75, 3.05) is 18.4 Å². The highest BCUT2D eigenvalue weighted by atomic mass is 32.1. The van der Waals surface area contributed by atoms with Crippen LogP contribution in [0.3, 0.4) is 0 Å². The number of fused-ring (bicyclic) bond motifs is 1. The molecule has 2 amide bonds. The van der Waals surface area contributed by atoms with Crippen LogP contribution < -0.4 is 5.32 Å². The first kappa shape index (κ1) is 22.3. The number of aromatic nitrogens is 4. The van der Waals surface area contributed by atoms with E-state index in [1.807, 2.05) is 41.8 Å². The Bertz CT molecular complexity index is 1330. The lowest BCUT2D eigenvalue weighted by Gasteiger charge is -2.31. The largest absolute Gasteiger partial charge is 0.463 e. The van der Waals surface area contributed by atoms with Crippen LogP contribution in [0.15, 0.2) is 40.5 Å². The number of pyridine rings is 1. The zero-order chi connectivity index (χ0) is 23.8. The fourth-order valence-corrected chi connectivity index (χ4v) is 4.95. The van der Waals surface area contributed by atoms with Gasteiger partial charge in [-0.15, -0.1) is 11.3 Å². The van der Waals surface area contributed by atoms with Crippen molar-refractivity contribution in [1.82, 2.24) is 24.6 Å². The Morgan fingerprint density at radius 1 is 1.24 bits per heavy atom. The molecule has 0 unspecified atom stereocenters. The topological polar surface area (TPSA) is 106 Å². The van der Waals surface area contributed by atoms with E-state index < -0.39 is 0 Å². The highest BCUT2D eigenvalue weighted by Gasteiger charge is 2.30. The molecule has 0 radical (unpaired) electrons. The van der Waals surface area contributed by atoms with E-state index in [2.05, 4.69) is 15.4 Å². The summed E-state index contributed by atoms with van der Waals surface area (Å²) in [5, 5.41) is 10.6. The predicted molar refractivity (Wildman–Crippen MR) is 130 cm³/mol. The number of carbonyl (C=O) groups is 2. The number of rotatable bonds is 5. The molecule has 1 saturated heterocycles. The summed E-state index contributed by atoms with van der Waals surface area (Å²) in [6, 6.07) is 5.49. The maximum absolute atomic E-state index is 13.6. The minimum absolute atomic E-state index is 0.0361. The maximum Gasteiger partial charge on any atom is 0.254 e. The van der Waals surface area contributed by atoms with Crippen LogP contribution in [0.4, 0.5) is 5.13 Å².